The molecule has 1 aromatic heterocycles. The molecule has 1 aromatic rings. The smallest absolute Gasteiger partial charge is 0.222 e. The third-order valence-electron chi connectivity index (χ3n) is 2.23. The molecule has 0 radical (unpaired) electrons. The van der Waals surface area contributed by atoms with Crippen LogP contribution in [-0.4, -0.2) is 23.4 Å². The second-order valence-corrected chi connectivity index (χ2v) is 3.69. The number of nitrogens with zero attached hydrogens (tertiary/aromatic N) is 2. The average molecular weight is 182 g/mol. The van der Waals surface area contributed by atoms with Crippen molar-refractivity contribution in [2.45, 2.75) is 32.1 Å². The topological polar surface area (TPSA) is 48.2 Å². The maximum atomic E-state index is 5.53. The minimum absolute atomic E-state index is 0.309. The fourth-order valence-electron chi connectivity index (χ4n) is 1.37. The summed E-state index contributed by atoms with van der Waals surface area (Å²) in [6.07, 6.45) is 1.000. The van der Waals surface area contributed by atoms with Crippen molar-refractivity contribution >= 4 is 0 Å². The number of rotatable bonds is 2. The van der Waals surface area contributed by atoms with E-state index < -0.39 is 0 Å². The second kappa shape index (κ2) is 3.46. The lowest BCUT2D eigenvalue weighted by atomic mass is 10.1. The molecule has 1 fully saturated rings. The van der Waals surface area contributed by atoms with Gasteiger partial charge < -0.3 is 9.15 Å². The Morgan fingerprint density at radius 3 is 2.77 bits per heavy atom. The monoisotopic (exact) mass is 182 g/mol. The van der Waals surface area contributed by atoms with Gasteiger partial charge in [0, 0.05) is 12.5 Å². The Kier molecular flexibility index (Phi) is 2.31. The van der Waals surface area contributed by atoms with Crippen LogP contribution in [0.5, 0.6) is 0 Å². The van der Waals surface area contributed by atoms with Crippen molar-refractivity contribution in [3.63, 3.8) is 0 Å². The molecular weight excluding hydrogens is 168 g/mol. The Hall–Kier alpha value is -0.900. The highest BCUT2D eigenvalue weighted by Crippen LogP contribution is 2.25. The molecule has 1 unspecified atom stereocenters. The lowest BCUT2D eigenvalue weighted by Crippen LogP contribution is -1.97. The summed E-state index contributed by atoms with van der Waals surface area (Å²) in [5, 5.41) is 8.01. The van der Waals surface area contributed by atoms with Gasteiger partial charge in [-0.25, -0.2) is 0 Å². The molecule has 0 aliphatic carbocycles. The molecule has 2 heterocycles. The van der Waals surface area contributed by atoms with E-state index in [0.717, 1.165) is 31.4 Å². The highest BCUT2D eigenvalue weighted by Gasteiger charge is 2.23. The van der Waals surface area contributed by atoms with Gasteiger partial charge in [0.1, 0.15) is 0 Å². The van der Waals surface area contributed by atoms with Gasteiger partial charge in [-0.15, -0.1) is 10.2 Å². The van der Waals surface area contributed by atoms with E-state index in [9.17, 15) is 0 Å². The van der Waals surface area contributed by atoms with E-state index in [1.54, 1.807) is 0 Å². The Labute approximate surface area is 77.3 Å². The summed E-state index contributed by atoms with van der Waals surface area (Å²) in [5.74, 6) is 2.09. The van der Waals surface area contributed by atoms with E-state index in [2.05, 4.69) is 10.2 Å². The van der Waals surface area contributed by atoms with Gasteiger partial charge in [0.15, 0.2) is 0 Å². The van der Waals surface area contributed by atoms with Gasteiger partial charge >= 0.3 is 0 Å². The highest BCUT2D eigenvalue weighted by atomic mass is 16.5. The summed E-state index contributed by atoms with van der Waals surface area (Å²) in [6.45, 7) is 5.62. The predicted molar refractivity (Wildman–Crippen MR) is 46.6 cm³/mol. The van der Waals surface area contributed by atoms with Gasteiger partial charge in [0.25, 0.3) is 0 Å². The zero-order valence-corrected chi connectivity index (χ0v) is 7.99. The van der Waals surface area contributed by atoms with Crippen molar-refractivity contribution in [2.24, 2.45) is 0 Å². The molecule has 2 rings (SSSR count). The van der Waals surface area contributed by atoms with E-state index in [4.69, 9.17) is 9.15 Å². The van der Waals surface area contributed by atoms with Crippen LogP contribution in [0.4, 0.5) is 0 Å². The van der Waals surface area contributed by atoms with Crippen molar-refractivity contribution in [1.29, 1.82) is 0 Å². The summed E-state index contributed by atoms with van der Waals surface area (Å²) in [5.41, 5.74) is 0. The highest BCUT2D eigenvalue weighted by molar-refractivity contribution is 4.95. The molecule has 0 spiro atoms. The maximum absolute atomic E-state index is 5.53. The van der Waals surface area contributed by atoms with Gasteiger partial charge in [-0.1, -0.05) is 13.8 Å². The molecule has 0 amide bonds. The first-order chi connectivity index (χ1) is 6.27. The molecule has 4 nitrogen and oxygen atoms in total. The Morgan fingerprint density at radius 1 is 1.38 bits per heavy atom. The summed E-state index contributed by atoms with van der Waals surface area (Å²) in [7, 11) is 0. The van der Waals surface area contributed by atoms with Crippen molar-refractivity contribution in [3.8, 4) is 0 Å². The third kappa shape index (κ3) is 1.72. The first-order valence-electron chi connectivity index (χ1n) is 4.68. The van der Waals surface area contributed by atoms with Crippen molar-refractivity contribution in [3.05, 3.63) is 11.8 Å². The molecule has 0 aromatic carbocycles. The molecule has 1 saturated heterocycles. The summed E-state index contributed by atoms with van der Waals surface area (Å²) in [6, 6.07) is 0. The van der Waals surface area contributed by atoms with Crippen molar-refractivity contribution < 1.29 is 9.15 Å². The molecule has 72 valence electrons. The second-order valence-electron chi connectivity index (χ2n) is 3.69. The van der Waals surface area contributed by atoms with E-state index in [0.29, 0.717) is 11.8 Å². The zero-order valence-electron chi connectivity index (χ0n) is 7.99. The Morgan fingerprint density at radius 2 is 2.23 bits per heavy atom. The van der Waals surface area contributed by atoms with E-state index in [1.807, 2.05) is 13.8 Å². The first-order valence-corrected chi connectivity index (χ1v) is 4.68. The lowest BCUT2D eigenvalue weighted by molar-refractivity contribution is 0.190. The maximum Gasteiger partial charge on any atom is 0.222 e. The van der Waals surface area contributed by atoms with Gasteiger partial charge in [-0.3, -0.25) is 0 Å². The summed E-state index contributed by atoms with van der Waals surface area (Å²) < 4.78 is 10.8. The van der Waals surface area contributed by atoms with Crippen LogP contribution < -0.4 is 0 Å². The van der Waals surface area contributed by atoms with E-state index >= 15 is 0 Å². The zero-order chi connectivity index (χ0) is 9.26. The molecule has 4 heteroatoms. The van der Waals surface area contributed by atoms with Gasteiger partial charge in [0.2, 0.25) is 11.8 Å². The van der Waals surface area contributed by atoms with Crippen LogP contribution in [0.15, 0.2) is 4.42 Å². The minimum Gasteiger partial charge on any atom is -0.425 e. The van der Waals surface area contributed by atoms with Crippen molar-refractivity contribution in [2.75, 3.05) is 13.2 Å². The number of aromatic nitrogens is 2. The van der Waals surface area contributed by atoms with E-state index in [1.165, 1.54) is 0 Å². The molecule has 1 atom stereocenters. The summed E-state index contributed by atoms with van der Waals surface area (Å²) >= 11 is 0. The fraction of sp³-hybridized carbons (Fsp3) is 0.778. The Bertz CT molecular complexity index is 277. The SMILES string of the molecule is CC(C)c1nnc(C2CCOC2)o1. The van der Waals surface area contributed by atoms with Gasteiger partial charge in [-0.2, -0.15) is 0 Å². The van der Waals surface area contributed by atoms with Gasteiger partial charge in [-0.05, 0) is 6.42 Å². The van der Waals surface area contributed by atoms with Crippen LogP contribution >= 0.6 is 0 Å². The van der Waals surface area contributed by atoms with Crippen molar-refractivity contribution in [1.82, 2.24) is 10.2 Å². The van der Waals surface area contributed by atoms with Crippen LogP contribution in [0.3, 0.4) is 0 Å². The van der Waals surface area contributed by atoms with Gasteiger partial charge in [0.05, 0.1) is 12.5 Å². The quantitative estimate of drug-likeness (QED) is 0.698. The van der Waals surface area contributed by atoms with Crippen LogP contribution in [0.2, 0.25) is 0 Å². The van der Waals surface area contributed by atoms with Crippen LogP contribution in [0.1, 0.15) is 43.9 Å². The van der Waals surface area contributed by atoms with Crippen LogP contribution in [0, 0.1) is 0 Å². The predicted octanol–water partition coefficient (Wildman–Crippen LogP) is 1.70. The average Bonchev–Trinajstić information content (AvgIpc) is 2.75. The third-order valence-corrected chi connectivity index (χ3v) is 2.23. The molecule has 0 saturated carbocycles. The molecule has 0 N–H and O–H groups in total. The molecule has 1 aliphatic heterocycles. The molecule has 13 heavy (non-hydrogen) atoms. The first kappa shape index (κ1) is 8.69. The normalized spacial score (nSPS) is 22.8. The number of ether oxygens (including phenoxy) is 1. The number of hydrogen-bond donors (Lipinski definition) is 0. The van der Waals surface area contributed by atoms with Crippen LogP contribution in [0.25, 0.3) is 0 Å². The van der Waals surface area contributed by atoms with Crippen LogP contribution in [-0.2, 0) is 4.74 Å². The standard InChI is InChI=1S/C9H14N2O2/c1-6(2)8-10-11-9(13-8)7-3-4-12-5-7/h6-7H,3-5H2,1-2H3. The van der Waals surface area contributed by atoms with E-state index in [-0.39, 0.29) is 0 Å². The molecular formula is C9H14N2O2. The fourth-order valence-corrected chi connectivity index (χ4v) is 1.37. The molecule has 0 bridgehead atoms. The minimum atomic E-state index is 0.309. The number of hydrogen-bond acceptors (Lipinski definition) is 4. The lowest BCUT2D eigenvalue weighted by Gasteiger charge is -1.99. The Balaban J connectivity index is 2.12. The largest absolute Gasteiger partial charge is 0.425 e. The summed E-state index contributed by atoms with van der Waals surface area (Å²) in [4.78, 5) is 0. The molecule has 1 aliphatic rings.